The van der Waals surface area contributed by atoms with Gasteiger partial charge in [0.05, 0.1) is 13.1 Å². The summed E-state index contributed by atoms with van der Waals surface area (Å²) in [5, 5.41) is 11.3. The number of likely N-dealkylation sites (tertiary alicyclic amines) is 1. The van der Waals surface area contributed by atoms with Crippen molar-refractivity contribution < 1.29 is 24.2 Å². The number of carboxylic acid groups (broad SMARTS) is 1. The number of carbonyl (C=O) groups excluding carboxylic acids is 2. The molecule has 0 aromatic carbocycles. The van der Waals surface area contributed by atoms with Crippen molar-refractivity contribution in [1.29, 1.82) is 0 Å². The lowest BCUT2D eigenvalue weighted by molar-refractivity contribution is -0.173. The van der Waals surface area contributed by atoms with E-state index in [1.54, 1.807) is 11.8 Å². The molecule has 7 heteroatoms. The Morgan fingerprint density at radius 1 is 1.29 bits per heavy atom. The van der Waals surface area contributed by atoms with Crippen molar-refractivity contribution in [2.75, 3.05) is 26.2 Å². The maximum Gasteiger partial charge on any atom is 0.329 e. The van der Waals surface area contributed by atoms with Crippen molar-refractivity contribution in [2.45, 2.75) is 39.7 Å². The topological polar surface area (TPSA) is 95.9 Å². The monoisotopic (exact) mass is 300 g/mol. The number of nitrogens with zero attached hydrogens (tertiary/aromatic N) is 1. The molecule has 0 aliphatic carbocycles. The second-order valence-corrected chi connectivity index (χ2v) is 6.64. The predicted molar refractivity (Wildman–Crippen MR) is 75.7 cm³/mol. The molecule has 0 unspecified atom stereocenters. The molecule has 0 spiro atoms. The van der Waals surface area contributed by atoms with Crippen LogP contribution in [0.3, 0.4) is 0 Å². The summed E-state index contributed by atoms with van der Waals surface area (Å²) in [6.07, 6.45) is 0.233. The molecule has 0 saturated carbocycles. The first-order valence-corrected chi connectivity index (χ1v) is 6.95. The summed E-state index contributed by atoms with van der Waals surface area (Å²) in [7, 11) is 0. The lowest BCUT2D eigenvalue weighted by Gasteiger charge is -2.47. The third kappa shape index (κ3) is 5.34. The van der Waals surface area contributed by atoms with E-state index in [1.165, 1.54) is 0 Å². The predicted octanol–water partition coefficient (Wildman–Crippen LogP) is 0.241. The highest BCUT2D eigenvalue weighted by molar-refractivity contribution is 5.82. The summed E-state index contributed by atoms with van der Waals surface area (Å²) in [6.45, 7) is 7.92. The smallest absolute Gasteiger partial charge is 0.329 e. The first-order valence-electron chi connectivity index (χ1n) is 6.95. The molecule has 1 rings (SSSR count). The molecule has 1 aliphatic rings. The van der Waals surface area contributed by atoms with Gasteiger partial charge in [0, 0.05) is 18.4 Å². The Hall–Kier alpha value is -1.63. The quantitative estimate of drug-likeness (QED) is 0.732. The van der Waals surface area contributed by atoms with Crippen molar-refractivity contribution in [1.82, 2.24) is 10.2 Å². The van der Waals surface area contributed by atoms with Crippen LogP contribution in [0, 0.1) is 5.41 Å². The van der Waals surface area contributed by atoms with Crippen LogP contribution in [0.4, 0.5) is 0 Å². The molecule has 2 N–H and O–H groups in total. The van der Waals surface area contributed by atoms with Gasteiger partial charge in [0.25, 0.3) is 0 Å². The lowest BCUT2D eigenvalue weighted by atomic mass is 9.95. The van der Waals surface area contributed by atoms with Gasteiger partial charge in [-0.15, -0.1) is 0 Å². The fourth-order valence-corrected chi connectivity index (χ4v) is 1.97. The first kappa shape index (κ1) is 17.4. The minimum Gasteiger partial charge on any atom is -0.480 e. The highest BCUT2D eigenvalue weighted by atomic mass is 16.5. The number of nitrogens with one attached hydrogen (secondary N) is 1. The highest BCUT2D eigenvalue weighted by Gasteiger charge is 2.42. The van der Waals surface area contributed by atoms with E-state index < -0.39 is 17.0 Å². The lowest BCUT2D eigenvalue weighted by Crippen LogP contribution is -2.63. The molecule has 0 radical (unpaired) electrons. The summed E-state index contributed by atoms with van der Waals surface area (Å²) in [5.74, 6) is -1.18. The zero-order chi connectivity index (χ0) is 16.3. The summed E-state index contributed by atoms with van der Waals surface area (Å²) in [6, 6.07) is 0. The Kier molecular flexibility index (Phi) is 5.33. The molecule has 1 aliphatic heterocycles. The van der Waals surface area contributed by atoms with Gasteiger partial charge in [-0.3, -0.25) is 9.59 Å². The molecule has 1 heterocycles. The van der Waals surface area contributed by atoms with Crippen LogP contribution in [0.5, 0.6) is 0 Å². The van der Waals surface area contributed by atoms with E-state index in [-0.39, 0.29) is 24.8 Å². The molecule has 0 atom stereocenters. The van der Waals surface area contributed by atoms with Crippen molar-refractivity contribution in [2.24, 2.45) is 5.41 Å². The van der Waals surface area contributed by atoms with Gasteiger partial charge in [0.1, 0.15) is 12.2 Å². The molecular formula is C14H24N2O5. The average molecular weight is 300 g/mol. The third-order valence-electron chi connectivity index (χ3n) is 3.25. The van der Waals surface area contributed by atoms with Crippen LogP contribution in [0.15, 0.2) is 0 Å². The summed E-state index contributed by atoms with van der Waals surface area (Å²) in [5.41, 5.74) is -1.05. The van der Waals surface area contributed by atoms with Gasteiger partial charge in [0.15, 0.2) is 0 Å². The molecule has 21 heavy (non-hydrogen) atoms. The Bertz CT molecular complexity index is 422. The minimum absolute atomic E-state index is 0.0689. The van der Waals surface area contributed by atoms with Gasteiger partial charge in [-0.1, -0.05) is 20.8 Å². The number of amides is 2. The third-order valence-corrected chi connectivity index (χ3v) is 3.25. The Morgan fingerprint density at radius 2 is 1.86 bits per heavy atom. The molecule has 1 saturated heterocycles. The zero-order valence-corrected chi connectivity index (χ0v) is 13.1. The van der Waals surface area contributed by atoms with Crippen LogP contribution in [0.2, 0.25) is 0 Å². The number of ether oxygens (including phenoxy) is 1. The zero-order valence-electron chi connectivity index (χ0n) is 13.1. The van der Waals surface area contributed by atoms with E-state index in [4.69, 9.17) is 9.84 Å². The van der Waals surface area contributed by atoms with Crippen LogP contribution in [-0.4, -0.2) is 59.6 Å². The molecular weight excluding hydrogens is 276 g/mol. The number of rotatable bonds is 6. The standard InChI is InChI=1S/C14H24N2O5/c1-13(2,3)12(20)15-6-5-10(17)16-8-14(4,9-16)21-7-11(18)19/h5-9H2,1-4H3,(H,15,20)(H,18,19). The molecule has 0 aromatic heterocycles. The van der Waals surface area contributed by atoms with E-state index in [0.29, 0.717) is 19.6 Å². The highest BCUT2D eigenvalue weighted by Crippen LogP contribution is 2.25. The van der Waals surface area contributed by atoms with Crippen molar-refractivity contribution >= 4 is 17.8 Å². The molecule has 2 amide bonds. The minimum atomic E-state index is -1.02. The maximum atomic E-state index is 11.9. The van der Waals surface area contributed by atoms with Crippen LogP contribution in [0.1, 0.15) is 34.1 Å². The Balaban J connectivity index is 2.24. The summed E-state index contributed by atoms with van der Waals surface area (Å²) < 4.78 is 5.23. The second-order valence-electron chi connectivity index (χ2n) is 6.64. The fourth-order valence-electron chi connectivity index (χ4n) is 1.97. The average Bonchev–Trinajstić information content (AvgIpc) is 2.31. The van der Waals surface area contributed by atoms with E-state index in [2.05, 4.69) is 5.32 Å². The van der Waals surface area contributed by atoms with E-state index >= 15 is 0 Å². The fraction of sp³-hybridized carbons (Fsp3) is 0.786. The second kappa shape index (κ2) is 6.43. The van der Waals surface area contributed by atoms with Crippen LogP contribution >= 0.6 is 0 Å². The van der Waals surface area contributed by atoms with E-state index in [1.807, 2.05) is 20.8 Å². The molecule has 0 bridgehead atoms. The molecule has 7 nitrogen and oxygen atoms in total. The van der Waals surface area contributed by atoms with Gasteiger partial charge >= 0.3 is 5.97 Å². The van der Waals surface area contributed by atoms with Gasteiger partial charge in [0.2, 0.25) is 11.8 Å². The van der Waals surface area contributed by atoms with Crippen molar-refractivity contribution in [3.05, 3.63) is 0 Å². The molecule has 1 fully saturated rings. The van der Waals surface area contributed by atoms with Crippen LogP contribution in [-0.2, 0) is 19.1 Å². The first-order chi connectivity index (χ1) is 9.53. The number of hydrogen-bond donors (Lipinski definition) is 2. The summed E-state index contributed by atoms with van der Waals surface area (Å²) >= 11 is 0. The van der Waals surface area contributed by atoms with Gasteiger partial charge in [-0.05, 0) is 6.92 Å². The van der Waals surface area contributed by atoms with Gasteiger partial charge < -0.3 is 20.1 Å². The molecule has 0 aromatic rings. The van der Waals surface area contributed by atoms with Crippen molar-refractivity contribution in [3.8, 4) is 0 Å². The van der Waals surface area contributed by atoms with Crippen molar-refractivity contribution in [3.63, 3.8) is 0 Å². The SMILES string of the molecule is CC1(OCC(=O)O)CN(C(=O)CCNC(=O)C(C)(C)C)C1. The maximum absolute atomic E-state index is 11.9. The Labute approximate surface area is 124 Å². The van der Waals surface area contributed by atoms with E-state index in [0.717, 1.165) is 0 Å². The van der Waals surface area contributed by atoms with Crippen LogP contribution < -0.4 is 5.32 Å². The number of hydrogen-bond acceptors (Lipinski definition) is 4. The number of carbonyl (C=O) groups is 3. The Morgan fingerprint density at radius 3 is 2.33 bits per heavy atom. The van der Waals surface area contributed by atoms with Crippen LogP contribution in [0.25, 0.3) is 0 Å². The van der Waals surface area contributed by atoms with Gasteiger partial charge in [-0.2, -0.15) is 0 Å². The number of carboxylic acids is 1. The van der Waals surface area contributed by atoms with E-state index in [9.17, 15) is 14.4 Å². The summed E-state index contributed by atoms with van der Waals surface area (Å²) in [4.78, 5) is 35.6. The number of aliphatic carboxylic acids is 1. The largest absolute Gasteiger partial charge is 0.480 e. The normalized spacial score (nSPS) is 17.0. The molecule has 120 valence electrons. The van der Waals surface area contributed by atoms with Gasteiger partial charge in [-0.25, -0.2) is 4.79 Å².